The van der Waals surface area contributed by atoms with Gasteiger partial charge in [0.05, 0.1) is 17.2 Å². The number of thioether (sulfide) groups is 1. The third-order valence-electron chi connectivity index (χ3n) is 3.05. The van der Waals surface area contributed by atoms with Crippen LogP contribution in [0.4, 0.5) is 5.69 Å². The van der Waals surface area contributed by atoms with E-state index in [0.717, 1.165) is 16.3 Å². The highest BCUT2D eigenvalue weighted by Crippen LogP contribution is 2.30. The first-order valence-corrected chi connectivity index (χ1v) is 7.67. The number of aliphatic carboxylic acids is 1. The van der Waals surface area contributed by atoms with E-state index in [-0.39, 0.29) is 0 Å². The van der Waals surface area contributed by atoms with Crippen LogP contribution in [0.1, 0.15) is 26.3 Å². The number of rotatable bonds is 7. The Kier molecular flexibility index (Phi) is 6.40. The first kappa shape index (κ1) is 16.4. The van der Waals surface area contributed by atoms with Crippen molar-refractivity contribution in [2.75, 3.05) is 23.7 Å². The Balaban J connectivity index is 3.12. The van der Waals surface area contributed by atoms with Crippen LogP contribution in [-0.4, -0.2) is 29.9 Å². The van der Waals surface area contributed by atoms with E-state index in [9.17, 15) is 10.1 Å². The SMILES string of the molecule is CCSc1cccc(N(CC)CC(C)C(=O)O)c1C#N. The van der Waals surface area contributed by atoms with Crippen molar-refractivity contribution in [1.29, 1.82) is 5.26 Å². The molecule has 1 aromatic rings. The molecule has 5 heteroatoms. The quantitative estimate of drug-likeness (QED) is 0.782. The zero-order chi connectivity index (χ0) is 15.1. The van der Waals surface area contributed by atoms with Crippen molar-refractivity contribution in [2.45, 2.75) is 25.7 Å². The maximum atomic E-state index is 11.0. The summed E-state index contributed by atoms with van der Waals surface area (Å²) in [6.45, 7) is 6.77. The van der Waals surface area contributed by atoms with Gasteiger partial charge in [0.15, 0.2) is 0 Å². The second kappa shape index (κ2) is 7.81. The van der Waals surface area contributed by atoms with Gasteiger partial charge in [0.2, 0.25) is 0 Å². The van der Waals surface area contributed by atoms with Gasteiger partial charge in [-0.05, 0) is 24.8 Å². The van der Waals surface area contributed by atoms with Crippen LogP contribution in [0.3, 0.4) is 0 Å². The lowest BCUT2D eigenvalue weighted by molar-refractivity contribution is -0.140. The molecule has 0 fully saturated rings. The zero-order valence-electron chi connectivity index (χ0n) is 12.1. The highest BCUT2D eigenvalue weighted by atomic mass is 32.2. The monoisotopic (exact) mass is 292 g/mol. The van der Waals surface area contributed by atoms with Crippen molar-refractivity contribution in [3.63, 3.8) is 0 Å². The van der Waals surface area contributed by atoms with Gasteiger partial charge in [-0.25, -0.2) is 0 Å². The van der Waals surface area contributed by atoms with Crippen molar-refractivity contribution in [3.8, 4) is 6.07 Å². The Hall–Kier alpha value is -1.67. The Morgan fingerprint density at radius 1 is 1.50 bits per heavy atom. The smallest absolute Gasteiger partial charge is 0.308 e. The molecule has 0 aliphatic carbocycles. The lowest BCUT2D eigenvalue weighted by Crippen LogP contribution is -2.32. The van der Waals surface area contributed by atoms with E-state index in [1.807, 2.05) is 36.9 Å². The highest BCUT2D eigenvalue weighted by Gasteiger charge is 2.19. The lowest BCUT2D eigenvalue weighted by Gasteiger charge is -2.26. The minimum atomic E-state index is -0.818. The minimum Gasteiger partial charge on any atom is -0.481 e. The standard InChI is InChI=1S/C15H20N2O2S/c1-4-17(10-11(3)15(18)19)13-7-6-8-14(20-5-2)12(13)9-16/h6-8,11H,4-5,10H2,1-3H3,(H,18,19). The molecule has 0 aromatic heterocycles. The maximum Gasteiger partial charge on any atom is 0.308 e. The van der Waals surface area contributed by atoms with Gasteiger partial charge in [0.1, 0.15) is 6.07 Å². The summed E-state index contributed by atoms with van der Waals surface area (Å²) < 4.78 is 0. The molecule has 0 spiro atoms. The fourth-order valence-electron chi connectivity index (χ4n) is 1.98. The number of hydrogen-bond donors (Lipinski definition) is 1. The second-order valence-electron chi connectivity index (χ2n) is 4.47. The molecule has 20 heavy (non-hydrogen) atoms. The summed E-state index contributed by atoms with van der Waals surface area (Å²) in [6, 6.07) is 8.00. The summed E-state index contributed by atoms with van der Waals surface area (Å²) in [6.07, 6.45) is 0. The number of hydrogen-bond acceptors (Lipinski definition) is 4. The molecule has 0 aliphatic heterocycles. The molecule has 0 radical (unpaired) electrons. The van der Waals surface area contributed by atoms with Gasteiger partial charge < -0.3 is 10.0 Å². The molecule has 0 saturated carbocycles. The summed E-state index contributed by atoms with van der Waals surface area (Å²) >= 11 is 1.63. The molecular formula is C15H20N2O2S. The predicted octanol–water partition coefficient (Wildman–Crippen LogP) is 3.22. The number of nitriles is 1. The van der Waals surface area contributed by atoms with E-state index in [1.165, 1.54) is 0 Å². The van der Waals surface area contributed by atoms with Crippen LogP contribution >= 0.6 is 11.8 Å². The largest absolute Gasteiger partial charge is 0.481 e. The molecule has 1 atom stereocenters. The third-order valence-corrected chi connectivity index (χ3v) is 3.99. The van der Waals surface area contributed by atoms with E-state index in [0.29, 0.717) is 18.7 Å². The van der Waals surface area contributed by atoms with Crippen LogP contribution in [0, 0.1) is 17.2 Å². The first-order chi connectivity index (χ1) is 9.54. The summed E-state index contributed by atoms with van der Waals surface area (Å²) in [5.74, 6) is -0.388. The zero-order valence-corrected chi connectivity index (χ0v) is 12.9. The van der Waals surface area contributed by atoms with Crippen molar-refractivity contribution < 1.29 is 9.90 Å². The van der Waals surface area contributed by atoms with Gasteiger partial charge in [-0.3, -0.25) is 4.79 Å². The summed E-state index contributed by atoms with van der Waals surface area (Å²) in [4.78, 5) is 13.9. The van der Waals surface area contributed by atoms with Crippen LogP contribution in [0.15, 0.2) is 23.1 Å². The van der Waals surface area contributed by atoms with E-state index in [1.54, 1.807) is 18.7 Å². The number of nitrogens with zero attached hydrogens (tertiary/aromatic N) is 2. The van der Waals surface area contributed by atoms with Crippen molar-refractivity contribution in [2.24, 2.45) is 5.92 Å². The van der Waals surface area contributed by atoms with Gasteiger partial charge >= 0.3 is 5.97 Å². The van der Waals surface area contributed by atoms with Gasteiger partial charge in [-0.15, -0.1) is 11.8 Å². The van der Waals surface area contributed by atoms with Gasteiger partial charge in [-0.2, -0.15) is 5.26 Å². The fourth-order valence-corrected chi connectivity index (χ4v) is 2.76. The van der Waals surface area contributed by atoms with Gasteiger partial charge in [0.25, 0.3) is 0 Å². The number of anilines is 1. The molecule has 0 saturated heterocycles. The fraction of sp³-hybridized carbons (Fsp3) is 0.467. The number of carbonyl (C=O) groups is 1. The number of benzene rings is 1. The Labute approximate surface area is 124 Å². The van der Waals surface area contributed by atoms with Crippen LogP contribution in [0.25, 0.3) is 0 Å². The van der Waals surface area contributed by atoms with Crippen molar-refractivity contribution in [3.05, 3.63) is 23.8 Å². The number of carboxylic acids is 1. The lowest BCUT2D eigenvalue weighted by atomic mass is 10.1. The molecule has 1 rings (SSSR count). The normalized spacial score (nSPS) is 11.7. The van der Waals surface area contributed by atoms with E-state index in [2.05, 4.69) is 6.07 Å². The second-order valence-corrected chi connectivity index (χ2v) is 5.78. The molecule has 1 aromatic carbocycles. The highest BCUT2D eigenvalue weighted by molar-refractivity contribution is 7.99. The molecule has 1 unspecified atom stereocenters. The molecule has 4 nitrogen and oxygen atoms in total. The van der Waals surface area contributed by atoms with Gasteiger partial charge in [-0.1, -0.05) is 19.9 Å². The molecular weight excluding hydrogens is 272 g/mol. The minimum absolute atomic E-state index is 0.404. The molecule has 0 aliphatic rings. The summed E-state index contributed by atoms with van der Waals surface area (Å²) in [7, 11) is 0. The van der Waals surface area contributed by atoms with E-state index in [4.69, 9.17) is 5.11 Å². The molecule has 1 N–H and O–H groups in total. The Morgan fingerprint density at radius 3 is 2.70 bits per heavy atom. The van der Waals surface area contributed by atoms with E-state index < -0.39 is 11.9 Å². The maximum absolute atomic E-state index is 11.0. The average Bonchev–Trinajstić information content (AvgIpc) is 2.44. The van der Waals surface area contributed by atoms with Crippen LogP contribution in [-0.2, 0) is 4.79 Å². The van der Waals surface area contributed by atoms with Crippen molar-refractivity contribution in [1.82, 2.24) is 0 Å². The topological polar surface area (TPSA) is 64.3 Å². The first-order valence-electron chi connectivity index (χ1n) is 6.68. The van der Waals surface area contributed by atoms with Crippen LogP contribution in [0.2, 0.25) is 0 Å². The Morgan fingerprint density at radius 2 is 2.20 bits per heavy atom. The molecule has 0 heterocycles. The average molecular weight is 292 g/mol. The van der Waals surface area contributed by atoms with Crippen molar-refractivity contribution >= 4 is 23.4 Å². The molecule has 108 valence electrons. The summed E-state index contributed by atoms with van der Waals surface area (Å²) in [5.41, 5.74) is 1.46. The molecule has 0 bridgehead atoms. The third kappa shape index (κ3) is 3.91. The van der Waals surface area contributed by atoms with E-state index >= 15 is 0 Å². The number of carboxylic acid groups (broad SMARTS) is 1. The van der Waals surface area contributed by atoms with Gasteiger partial charge in [0, 0.05) is 18.0 Å². The molecule has 0 amide bonds. The van der Waals surface area contributed by atoms with Crippen LogP contribution in [0.5, 0.6) is 0 Å². The summed E-state index contributed by atoms with van der Waals surface area (Å²) in [5, 5.41) is 18.5. The predicted molar refractivity (Wildman–Crippen MR) is 82.2 cm³/mol. The Bertz CT molecular complexity index is 511. The van der Waals surface area contributed by atoms with Crippen LogP contribution < -0.4 is 4.90 Å².